The van der Waals surface area contributed by atoms with E-state index in [1.807, 2.05) is 6.07 Å². The van der Waals surface area contributed by atoms with Gasteiger partial charge in [-0.1, -0.05) is 59.7 Å². The number of carbonyl (C=O) groups excluding carboxylic acids is 1. The first-order valence-corrected chi connectivity index (χ1v) is 5.71. The van der Waals surface area contributed by atoms with E-state index < -0.39 is 0 Å². The summed E-state index contributed by atoms with van der Waals surface area (Å²) in [6.07, 6.45) is 0.750. The smallest absolute Gasteiger partial charge is 0.116 e. The highest BCUT2D eigenvalue weighted by Gasteiger charge is 1.97. The van der Waals surface area contributed by atoms with Crippen molar-refractivity contribution in [2.45, 2.75) is 20.8 Å². The quantitative estimate of drug-likeness (QED) is 0.667. The summed E-state index contributed by atoms with van der Waals surface area (Å²) in [4.78, 5) is 8.81. The summed E-state index contributed by atoms with van der Waals surface area (Å²) in [5, 5.41) is 0. The Morgan fingerprint density at radius 3 is 1.76 bits per heavy atom. The molecular weight excluding hydrogens is 208 g/mol. The summed E-state index contributed by atoms with van der Waals surface area (Å²) in [7, 11) is 0. The Bertz CT molecular complexity index is 452. The van der Waals surface area contributed by atoms with E-state index >= 15 is 0 Å². The Hall–Kier alpha value is -1.89. The third-order valence-electron chi connectivity index (χ3n) is 2.33. The van der Waals surface area contributed by atoms with Crippen molar-refractivity contribution >= 4 is 6.29 Å². The molecule has 0 fully saturated rings. The van der Waals surface area contributed by atoms with Gasteiger partial charge in [0.05, 0.1) is 0 Å². The van der Waals surface area contributed by atoms with Crippen molar-refractivity contribution in [3.63, 3.8) is 0 Å². The Labute approximate surface area is 103 Å². The van der Waals surface area contributed by atoms with Crippen LogP contribution in [0.3, 0.4) is 0 Å². The van der Waals surface area contributed by atoms with Crippen molar-refractivity contribution in [3.05, 3.63) is 59.7 Å². The molecule has 17 heavy (non-hydrogen) atoms. The van der Waals surface area contributed by atoms with Crippen LogP contribution in [0.4, 0.5) is 0 Å². The molecule has 1 heteroatoms. The summed E-state index contributed by atoms with van der Waals surface area (Å²) in [6, 6.07) is 17.1. The standard InChI is InChI=1S/C14H14.C2H4O/c1-11-8-12(2)10-14(9-11)13-6-4-3-5-7-13;1-2-3/h3-10H,1-2H3;2H,1H3. The molecular formula is C16H18O. The van der Waals surface area contributed by atoms with E-state index in [9.17, 15) is 0 Å². The number of rotatable bonds is 1. The van der Waals surface area contributed by atoms with Crippen LogP contribution in [0, 0.1) is 13.8 Å². The summed E-state index contributed by atoms with van der Waals surface area (Å²) in [6.45, 7) is 5.72. The molecule has 0 atom stereocenters. The summed E-state index contributed by atoms with van der Waals surface area (Å²) < 4.78 is 0. The van der Waals surface area contributed by atoms with E-state index in [1.54, 1.807) is 0 Å². The van der Waals surface area contributed by atoms with E-state index in [-0.39, 0.29) is 0 Å². The van der Waals surface area contributed by atoms with E-state index in [0.29, 0.717) is 0 Å². The first kappa shape index (κ1) is 13.2. The predicted octanol–water partition coefficient (Wildman–Crippen LogP) is 4.18. The van der Waals surface area contributed by atoms with Gasteiger partial charge in [-0.25, -0.2) is 0 Å². The maximum atomic E-state index is 8.81. The predicted molar refractivity (Wildman–Crippen MR) is 73.1 cm³/mol. The van der Waals surface area contributed by atoms with Crippen molar-refractivity contribution in [2.75, 3.05) is 0 Å². The van der Waals surface area contributed by atoms with Gasteiger partial charge < -0.3 is 4.79 Å². The second-order valence-corrected chi connectivity index (χ2v) is 3.98. The molecule has 0 radical (unpaired) electrons. The molecule has 88 valence electrons. The van der Waals surface area contributed by atoms with Gasteiger partial charge in [0.1, 0.15) is 6.29 Å². The molecule has 2 rings (SSSR count). The number of benzene rings is 2. The number of carbonyl (C=O) groups is 1. The molecule has 0 aliphatic carbocycles. The Morgan fingerprint density at radius 2 is 1.29 bits per heavy atom. The maximum Gasteiger partial charge on any atom is 0.116 e. The molecule has 0 N–H and O–H groups in total. The Morgan fingerprint density at radius 1 is 0.824 bits per heavy atom. The number of aldehydes is 1. The van der Waals surface area contributed by atoms with Gasteiger partial charge in [0, 0.05) is 0 Å². The van der Waals surface area contributed by atoms with Gasteiger partial charge >= 0.3 is 0 Å². The SMILES string of the molecule is CC=O.Cc1cc(C)cc(-c2ccccc2)c1. The lowest BCUT2D eigenvalue weighted by atomic mass is 10.0. The van der Waals surface area contributed by atoms with Gasteiger partial charge in [0.2, 0.25) is 0 Å². The molecule has 0 amide bonds. The molecule has 0 saturated heterocycles. The molecule has 0 saturated carbocycles. The fraction of sp³-hybridized carbons (Fsp3) is 0.188. The highest BCUT2D eigenvalue weighted by molar-refractivity contribution is 5.64. The number of hydrogen-bond acceptors (Lipinski definition) is 1. The summed E-state index contributed by atoms with van der Waals surface area (Å²) in [5.74, 6) is 0. The second-order valence-electron chi connectivity index (χ2n) is 3.98. The molecule has 1 nitrogen and oxygen atoms in total. The van der Waals surface area contributed by atoms with Gasteiger partial charge in [0.25, 0.3) is 0 Å². The fourth-order valence-electron chi connectivity index (χ4n) is 1.77. The lowest BCUT2D eigenvalue weighted by Gasteiger charge is -2.04. The van der Waals surface area contributed by atoms with Gasteiger partial charge in [-0.3, -0.25) is 0 Å². The molecule has 0 unspecified atom stereocenters. The number of hydrogen-bond donors (Lipinski definition) is 0. The minimum absolute atomic E-state index is 0.750. The van der Waals surface area contributed by atoms with Crippen LogP contribution in [-0.4, -0.2) is 6.29 Å². The van der Waals surface area contributed by atoms with Gasteiger partial charge in [-0.15, -0.1) is 0 Å². The Kier molecular flexibility index (Phi) is 5.15. The normalized spacial score (nSPS) is 9.12. The molecule has 0 aromatic heterocycles. The number of aryl methyl sites for hydroxylation is 2. The van der Waals surface area contributed by atoms with Gasteiger partial charge in [0.15, 0.2) is 0 Å². The minimum atomic E-state index is 0.750. The average molecular weight is 226 g/mol. The van der Waals surface area contributed by atoms with Gasteiger partial charge in [-0.2, -0.15) is 0 Å². The second kappa shape index (κ2) is 6.64. The third-order valence-corrected chi connectivity index (χ3v) is 2.33. The van der Waals surface area contributed by atoms with Crippen LogP contribution in [0.2, 0.25) is 0 Å². The van der Waals surface area contributed by atoms with Crippen molar-refractivity contribution in [1.29, 1.82) is 0 Å². The highest BCUT2D eigenvalue weighted by atomic mass is 16.1. The van der Waals surface area contributed by atoms with Crippen LogP contribution in [0.5, 0.6) is 0 Å². The molecule has 0 aliphatic rings. The van der Waals surface area contributed by atoms with Crippen LogP contribution >= 0.6 is 0 Å². The average Bonchev–Trinajstić information content (AvgIpc) is 2.30. The molecule has 0 spiro atoms. The fourth-order valence-corrected chi connectivity index (χ4v) is 1.77. The monoisotopic (exact) mass is 226 g/mol. The zero-order valence-electron chi connectivity index (χ0n) is 10.6. The third kappa shape index (κ3) is 4.23. The van der Waals surface area contributed by atoms with Crippen LogP contribution < -0.4 is 0 Å². The zero-order valence-corrected chi connectivity index (χ0v) is 10.6. The zero-order chi connectivity index (χ0) is 12.7. The largest absolute Gasteiger partial charge is 0.304 e. The van der Waals surface area contributed by atoms with Crippen molar-refractivity contribution in [3.8, 4) is 11.1 Å². The van der Waals surface area contributed by atoms with Crippen LogP contribution in [0.1, 0.15) is 18.1 Å². The molecule has 2 aromatic carbocycles. The molecule has 0 bridgehead atoms. The minimum Gasteiger partial charge on any atom is -0.304 e. The van der Waals surface area contributed by atoms with E-state index in [2.05, 4.69) is 56.3 Å². The first-order chi connectivity index (χ1) is 8.17. The first-order valence-electron chi connectivity index (χ1n) is 5.71. The van der Waals surface area contributed by atoms with Crippen molar-refractivity contribution < 1.29 is 4.79 Å². The lowest BCUT2D eigenvalue weighted by molar-refractivity contribution is -0.106. The van der Waals surface area contributed by atoms with Crippen LogP contribution in [0.25, 0.3) is 11.1 Å². The van der Waals surface area contributed by atoms with Gasteiger partial charge in [-0.05, 0) is 31.9 Å². The maximum absolute atomic E-state index is 8.81. The molecule has 0 heterocycles. The van der Waals surface area contributed by atoms with Crippen LogP contribution in [0.15, 0.2) is 48.5 Å². The summed E-state index contributed by atoms with van der Waals surface area (Å²) >= 11 is 0. The van der Waals surface area contributed by atoms with E-state index in [1.165, 1.54) is 29.2 Å². The van der Waals surface area contributed by atoms with E-state index in [4.69, 9.17) is 4.79 Å². The summed E-state index contributed by atoms with van der Waals surface area (Å²) in [5.41, 5.74) is 5.25. The van der Waals surface area contributed by atoms with E-state index in [0.717, 1.165) is 6.29 Å². The lowest BCUT2D eigenvalue weighted by Crippen LogP contribution is -1.81. The molecule has 0 aliphatic heterocycles. The highest BCUT2D eigenvalue weighted by Crippen LogP contribution is 2.21. The topological polar surface area (TPSA) is 17.1 Å². The Balaban J connectivity index is 0.000000437. The van der Waals surface area contributed by atoms with Crippen molar-refractivity contribution in [2.24, 2.45) is 0 Å². The van der Waals surface area contributed by atoms with Crippen LogP contribution in [-0.2, 0) is 4.79 Å². The van der Waals surface area contributed by atoms with Crippen molar-refractivity contribution in [1.82, 2.24) is 0 Å². The molecule has 2 aromatic rings.